The maximum Gasteiger partial charge on any atom is 0.252 e. The largest absolute Gasteiger partial charge is 0.346 e. The average molecular weight is 290 g/mol. The highest BCUT2D eigenvalue weighted by molar-refractivity contribution is 9.09. The van der Waals surface area contributed by atoms with Gasteiger partial charge in [-0.3, -0.25) is 4.79 Å². The Labute approximate surface area is 103 Å². The van der Waals surface area contributed by atoms with E-state index in [9.17, 15) is 4.79 Å². The van der Waals surface area contributed by atoms with Crippen LogP contribution in [0, 0.1) is 6.92 Å². The van der Waals surface area contributed by atoms with Crippen molar-refractivity contribution in [3.05, 3.63) is 21.9 Å². The predicted molar refractivity (Wildman–Crippen MR) is 69.0 cm³/mol. The number of carbonyl (C=O) groups is 1. The lowest BCUT2D eigenvalue weighted by atomic mass is 10.0. The van der Waals surface area contributed by atoms with E-state index in [0.29, 0.717) is 0 Å². The molecule has 0 fully saturated rings. The molecule has 1 aromatic rings. The third-order valence-electron chi connectivity index (χ3n) is 2.53. The number of alkyl halides is 1. The minimum absolute atomic E-state index is 0.00468. The molecule has 0 saturated heterocycles. The van der Waals surface area contributed by atoms with E-state index in [1.54, 1.807) is 11.3 Å². The van der Waals surface area contributed by atoms with E-state index in [-0.39, 0.29) is 16.3 Å². The summed E-state index contributed by atoms with van der Waals surface area (Å²) in [6.45, 7) is 7.99. The predicted octanol–water partition coefficient (Wildman–Crippen LogP) is 3.35. The summed E-state index contributed by atoms with van der Waals surface area (Å²) in [5.41, 5.74) is 1.57. The lowest BCUT2D eigenvalue weighted by Crippen LogP contribution is -2.48. The number of hydrogen-bond donors (Lipinski definition) is 1. The third kappa shape index (κ3) is 3.05. The van der Waals surface area contributed by atoms with Gasteiger partial charge in [-0.05, 0) is 31.7 Å². The average Bonchev–Trinajstić information content (AvgIpc) is 2.50. The molecule has 0 radical (unpaired) electrons. The number of halogens is 1. The van der Waals surface area contributed by atoms with Crippen LogP contribution in [0.3, 0.4) is 0 Å². The number of hydrogen-bond acceptors (Lipinski definition) is 2. The van der Waals surface area contributed by atoms with Crippen LogP contribution in [0.15, 0.2) is 10.8 Å². The van der Waals surface area contributed by atoms with Crippen LogP contribution in [0.4, 0.5) is 0 Å². The van der Waals surface area contributed by atoms with E-state index in [2.05, 4.69) is 21.2 Å². The zero-order chi connectivity index (χ0) is 11.6. The summed E-state index contributed by atoms with van der Waals surface area (Å²) in [6.07, 6.45) is 0. The molecule has 0 aliphatic heterocycles. The summed E-state index contributed by atoms with van der Waals surface area (Å²) in [6, 6.07) is 0. The van der Waals surface area contributed by atoms with E-state index in [1.165, 1.54) is 0 Å². The normalized spacial score (nSPS) is 13.7. The molecule has 4 heteroatoms. The zero-order valence-corrected chi connectivity index (χ0v) is 11.8. The highest BCUT2D eigenvalue weighted by Crippen LogP contribution is 2.19. The molecule has 1 aromatic heterocycles. The minimum Gasteiger partial charge on any atom is -0.346 e. The van der Waals surface area contributed by atoms with Crippen molar-refractivity contribution < 1.29 is 4.79 Å². The van der Waals surface area contributed by atoms with Crippen LogP contribution in [0.1, 0.15) is 36.7 Å². The smallest absolute Gasteiger partial charge is 0.252 e. The van der Waals surface area contributed by atoms with Crippen LogP contribution in [-0.2, 0) is 0 Å². The van der Waals surface area contributed by atoms with Gasteiger partial charge in [0.1, 0.15) is 0 Å². The van der Waals surface area contributed by atoms with Gasteiger partial charge < -0.3 is 5.32 Å². The standard InChI is InChI=1S/C11H16BrNOS/c1-7-5-15-6-9(7)10(14)13-11(3,4)8(2)12/h5-6,8H,1-4H3,(H,13,14). The summed E-state index contributed by atoms with van der Waals surface area (Å²) >= 11 is 5.05. The molecule has 0 aliphatic rings. The highest BCUT2D eigenvalue weighted by atomic mass is 79.9. The second-order valence-corrected chi connectivity index (χ2v) is 6.38. The van der Waals surface area contributed by atoms with Crippen LogP contribution in [0.5, 0.6) is 0 Å². The molecule has 1 heterocycles. The third-order valence-corrected chi connectivity index (χ3v) is 4.54. The van der Waals surface area contributed by atoms with Crippen LogP contribution in [-0.4, -0.2) is 16.3 Å². The Balaban J connectivity index is 2.77. The number of amides is 1. The Hall–Kier alpha value is -0.350. The Bertz CT molecular complexity index is 357. The lowest BCUT2D eigenvalue weighted by molar-refractivity contribution is 0.0914. The van der Waals surface area contributed by atoms with Crippen LogP contribution in [0.25, 0.3) is 0 Å². The fourth-order valence-electron chi connectivity index (χ4n) is 1.05. The van der Waals surface area contributed by atoms with Gasteiger partial charge in [0.2, 0.25) is 0 Å². The van der Waals surface area contributed by atoms with Gasteiger partial charge in [0, 0.05) is 15.7 Å². The molecule has 0 spiro atoms. The molecule has 0 bridgehead atoms. The first kappa shape index (κ1) is 12.7. The Kier molecular flexibility index (Phi) is 3.95. The number of carbonyl (C=O) groups excluding carboxylic acids is 1. The topological polar surface area (TPSA) is 29.1 Å². The van der Waals surface area contributed by atoms with Crippen molar-refractivity contribution in [1.82, 2.24) is 5.32 Å². The second-order valence-electron chi connectivity index (χ2n) is 4.26. The van der Waals surface area contributed by atoms with E-state index in [1.807, 2.05) is 38.5 Å². The molecule has 1 unspecified atom stereocenters. The van der Waals surface area contributed by atoms with Gasteiger partial charge in [0.15, 0.2) is 0 Å². The zero-order valence-electron chi connectivity index (χ0n) is 9.43. The van der Waals surface area contributed by atoms with E-state index >= 15 is 0 Å². The van der Waals surface area contributed by atoms with Crippen LogP contribution in [0.2, 0.25) is 0 Å². The molecule has 1 rings (SSSR count). The SMILES string of the molecule is Cc1cscc1C(=O)NC(C)(C)C(C)Br. The Morgan fingerprint density at radius 3 is 2.53 bits per heavy atom. The molecule has 1 atom stereocenters. The van der Waals surface area contributed by atoms with E-state index in [0.717, 1.165) is 11.1 Å². The molecule has 1 amide bonds. The van der Waals surface area contributed by atoms with Gasteiger partial charge in [-0.15, -0.1) is 0 Å². The summed E-state index contributed by atoms with van der Waals surface area (Å²) in [7, 11) is 0. The van der Waals surface area contributed by atoms with Gasteiger partial charge in [-0.1, -0.05) is 22.9 Å². The fraction of sp³-hybridized carbons (Fsp3) is 0.545. The Morgan fingerprint density at radius 1 is 1.53 bits per heavy atom. The molecule has 0 aliphatic carbocycles. The van der Waals surface area contributed by atoms with Crippen molar-refractivity contribution in [1.29, 1.82) is 0 Å². The van der Waals surface area contributed by atoms with Gasteiger partial charge in [-0.2, -0.15) is 11.3 Å². The summed E-state index contributed by atoms with van der Waals surface area (Å²) < 4.78 is 0. The van der Waals surface area contributed by atoms with Gasteiger partial charge >= 0.3 is 0 Å². The first-order chi connectivity index (χ1) is 6.84. The lowest BCUT2D eigenvalue weighted by Gasteiger charge is -2.29. The monoisotopic (exact) mass is 289 g/mol. The van der Waals surface area contributed by atoms with Crippen molar-refractivity contribution in [2.45, 2.75) is 38.1 Å². The van der Waals surface area contributed by atoms with Crippen molar-refractivity contribution in [2.24, 2.45) is 0 Å². The first-order valence-electron chi connectivity index (χ1n) is 4.84. The number of aryl methyl sites for hydroxylation is 1. The molecule has 84 valence electrons. The second kappa shape index (κ2) is 4.66. The molecule has 2 nitrogen and oxygen atoms in total. The van der Waals surface area contributed by atoms with E-state index < -0.39 is 0 Å². The highest BCUT2D eigenvalue weighted by Gasteiger charge is 2.26. The quantitative estimate of drug-likeness (QED) is 0.850. The fourth-order valence-corrected chi connectivity index (χ4v) is 2.00. The van der Waals surface area contributed by atoms with Crippen LogP contribution < -0.4 is 5.32 Å². The number of rotatable bonds is 3. The van der Waals surface area contributed by atoms with Gasteiger partial charge in [0.05, 0.1) is 5.56 Å². The maximum atomic E-state index is 11.9. The van der Waals surface area contributed by atoms with Gasteiger partial charge in [0.25, 0.3) is 5.91 Å². The van der Waals surface area contributed by atoms with E-state index in [4.69, 9.17) is 0 Å². The van der Waals surface area contributed by atoms with Crippen molar-refractivity contribution in [2.75, 3.05) is 0 Å². The number of thiophene rings is 1. The number of nitrogens with one attached hydrogen (secondary N) is 1. The molecular formula is C11H16BrNOS. The minimum atomic E-state index is -0.245. The van der Waals surface area contributed by atoms with Crippen molar-refractivity contribution in [3.63, 3.8) is 0 Å². The molecular weight excluding hydrogens is 274 g/mol. The molecule has 15 heavy (non-hydrogen) atoms. The van der Waals surface area contributed by atoms with Crippen molar-refractivity contribution >= 4 is 33.2 Å². The molecule has 0 saturated carbocycles. The van der Waals surface area contributed by atoms with Gasteiger partial charge in [-0.25, -0.2) is 0 Å². The maximum absolute atomic E-state index is 11.9. The molecule has 1 N–H and O–H groups in total. The summed E-state index contributed by atoms with van der Waals surface area (Å²) in [4.78, 5) is 12.2. The summed E-state index contributed by atoms with van der Waals surface area (Å²) in [5, 5.41) is 6.89. The Morgan fingerprint density at radius 2 is 2.13 bits per heavy atom. The van der Waals surface area contributed by atoms with Crippen molar-refractivity contribution in [3.8, 4) is 0 Å². The summed E-state index contributed by atoms with van der Waals surface area (Å²) in [5.74, 6) is 0.00468. The first-order valence-corrected chi connectivity index (χ1v) is 6.70. The van der Waals surface area contributed by atoms with Crippen LogP contribution >= 0.6 is 27.3 Å². The molecule has 0 aromatic carbocycles.